The van der Waals surface area contributed by atoms with E-state index in [2.05, 4.69) is 6.92 Å². The zero-order valence-corrected chi connectivity index (χ0v) is 13.9. The Bertz CT molecular complexity index is 98.0. The molecule has 0 aliphatic carbocycles. The molecule has 1 heteroatoms. The van der Waals surface area contributed by atoms with E-state index in [9.17, 15) is 0 Å². The molecule has 0 saturated carbocycles. The third-order valence-corrected chi connectivity index (χ3v) is 4.16. The summed E-state index contributed by atoms with van der Waals surface area (Å²) in [5.41, 5.74) is 0. The molecule has 0 N–H and O–H groups in total. The van der Waals surface area contributed by atoms with Gasteiger partial charge in [-0.2, -0.15) is 0 Å². The Labute approximate surface area is 121 Å². The molecule has 0 aromatic heterocycles. The Morgan fingerprint density at radius 1 is 0.500 bits per heavy atom. The van der Waals surface area contributed by atoms with Gasteiger partial charge < -0.3 is 0 Å². The second-order valence-corrected chi connectivity index (χ2v) is 6.24. The summed E-state index contributed by atoms with van der Waals surface area (Å²) in [7, 11) is 0. The van der Waals surface area contributed by atoms with E-state index < -0.39 is 0 Å². The first kappa shape index (κ1) is 17.0. The molecule has 16 heavy (non-hydrogen) atoms. The van der Waals surface area contributed by atoms with Gasteiger partial charge in [0.2, 0.25) is 0 Å². The van der Waals surface area contributed by atoms with Gasteiger partial charge in [0.05, 0.1) is 0 Å². The average Bonchev–Trinajstić information content (AvgIpc) is 2.31. The molecular formula is C15H31Na. The summed E-state index contributed by atoms with van der Waals surface area (Å²) >= 11 is 1.41. The van der Waals surface area contributed by atoms with E-state index in [0.717, 1.165) is 0 Å². The first-order valence-corrected chi connectivity index (χ1v) is 9.33. The van der Waals surface area contributed by atoms with E-state index in [-0.39, 0.29) is 0 Å². The van der Waals surface area contributed by atoms with Crippen LogP contribution in [0.15, 0.2) is 0 Å². The Morgan fingerprint density at radius 3 is 1.12 bits per heavy atom. The van der Waals surface area contributed by atoms with Gasteiger partial charge in [0.1, 0.15) is 0 Å². The summed E-state index contributed by atoms with van der Waals surface area (Å²) in [4.78, 5) is 0. The Balaban J connectivity index is 2.83. The summed E-state index contributed by atoms with van der Waals surface area (Å²) < 4.78 is 1.51. The Morgan fingerprint density at radius 2 is 0.812 bits per heavy atom. The van der Waals surface area contributed by atoms with E-state index in [4.69, 9.17) is 0 Å². The van der Waals surface area contributed by atoms with Gasteiger partial charge in [-0.3, -0.25) is 0 Å². The van der Waals surface area contributed by atoms with Crippen molar-refractivity contribution in [2.24, 2.45) is 0 Å². The molecule has 0 rings (SSSR count). The molecule has 92 valence electrons. The summed E-state index contributed by atoms with van der Waals surface area (Å²) in [6, 6.07) is 0. The number of hydrogen-bond donors (Lipinski definition) is 0. The van der Waals surface area contributed by atoms with Gasteiger partial charge in [0.25, 0.3) is 0 Å². The van der Waals surface area contributed by atoms with Crippen LogP contribution in [-0.2, 0) is 0 Å². The fourth-order valence-electron chi connectivity index (χ4n) is 2.27. The summed E-state index contributed by atoms with van der Waals surface area (Å²) in [5, 5.41) is 0. The number of rotatable bonds is 13. The molecule has 0 amide bonds. The fraction of sp³-hybridized carbons (Fsp3) is 1.00. The molecule has 0 unspecified atom stereocenters. The standard InChI is InChI=1S/C15H31.Na/c1-3-5-7-9-11-13-15-14-12-10-8-6-4-2;/h1,3-15H2,2H3;. The molecular weight excluding hydrogens is 203 g/mol. The van der Waals surface area contributed by atoms with Crippen LogP contribution in [0.2, 0.25) is 3.67 Å². The Kier molecular flexibility index (Phi) is 17.0. The van der Waals surface area contributed by atoms with Crippen molar-refractivity contribution in [2.45, 2.75) is 94.1 Å². The van der Waals surface area contributed by atoms with Crippen LogP contribution in [0.25, 0.3) is 0 Å². The van der Waals surface area contributed by atoms with Crippen LogP contribution in [0.3, 0.4) is 0 Å². The second-order valence-electron chi connectivity index (χ2n) is 5.24. The molecule has 0 heterocycles. The van der Waals surface area contributed by atoms with Crippen molar-refractivity contribution in [3.05, 3.63) is 0 Å². The molecule has 0 aromatic rings. The summed E-state index contributed by atoms with van der Waals surface area (Å²) in [6.07, 6.45) is 19.2. The van der Waals surface area contributed by atoms with Crippen LogP contribution < -0.4 is 0 Å². The van der Waals surface area contributed by atoms with Gasteiger partial charge in [-0.1, -0.05) is 19.8 Å². The number of unbranched alkanes of at least 4 members (excludes halogenated alkanes) is 12. The van der Waals surface area contributed by atoms with Crippen LogP contribution in [0.1, 0.15) is 90.4 Å². The molecule has 0 aromatic carbocycles. The van der Waals surface area contributed by atoms with E-state index in [1.807, 2.05) is 0 Å². The summed E-state index contributed by atoms with van der Waals surface area (Å²) in [5.74, 6) is 0. The van der Waals surface area contributed by atoms with E-state index in [1.165, 1.54) is 115 Å². The first-order valence-electron chi connectivity index (χ1n) is 7.91. The second kappa shape index (κ2) is 16.0. The van der Waals surface area contributed by atoms with Crippen LogP contribution >= 0.6 is 0 Å². The first-order chi connectivity index (χ1) is 7.91. The monoisotopic (exact) mass is 234 g/mol. The molecule has 0 atom stereocenters. The van der Waals surface area contributed by atoms with Crippen LogP contribution in [0.5, 0.6) is 0 Å². The maximum absolute atomic E-state index is 2.29. The minimum atomic E-state index is 1.38. The minimum absolute atomic E-state index is 1.38. The van der Waals surface area contributed by atoms with Crippen molar-refractivity contribution < 1.29 is 0 Å². The third-order valence-electron chi connectivity index (χ3n) is 3.46. The fourth-order valence-corrected chi connectivity index (χ4v) is 2.77. The van der Waals surface area contributed by atoms with Gasteiger partial charge in [-0.05, 0) is 0 Å². The average molecular weight is 234 g/mol. The molecule has 0 aliphatic rings. The zero-order chi connectivity index (χ0) is 11.9. The van der Waals surface area contributed by atoms with Crippen molar-refractivity contribution in [3.8, 4) is 0 Å². The van der Waals surface area contributed by atoms with Crippen LogP contribution in [0.4, 0.5) is 0 Å². The normalized spacial score (nSPS) is 10.9. The van der Waals surface area contributed by atoms with Gasteiger partial charge in [0, 0.05) is 0 Å². The van der Waals surface area contributed by atoms with E-state index in [1.54, 1.807) is 0 Å². The van der Waals surface area contributed by atoms with Crippen molar-refractivity contribution >= 4 is 27.9 Å². The van der Waals surface area contributed by atoms with Crippen molar-refractivity contribution in [1.29, 1.82) is 0 Å². The maximum atomic E-state index is 2.29. The SMILES string of the molecule is CCCCCCCCCCCCCC[CH2][Na]. The van der Waals surface area contributed by atoms with Crippen LogP contribution in [-0.4, -0.2) is 27.9 Å². The van der Waals surface area contributed by atoms with E-state index >= 15 is 0 Å². The third kappa shape index (κ3) is 15.0. The molecule has 0 bridgehead atoms. The molecule has 0 fully saturated rings. The summed E-state index contributed by atoms with van der Waals surface area (Å²) in [6.45, 7) is 2.29. The quantitative estimate of drug-likeness (QED) is 0.285. The molecule has 0 nitrogen and oxygen atoms in total. The van der Waals surface area contributed by atoms with Crippen molar-refractivity contribution in [2.75, 3.05) is 0 Å². The predicted molar refractivity (Wildman–Crippen MR) is 76.3 cm³/mol. The molecule has 0 saturated heterocycles. The zero-order valence-electron chi connectivity index (χ0n) is 11.9. The topological polar surface area (TPSA) is 0 Å². The van der Waals surface area contributed by atoms with Gasteiger partial charge >= 0.3 is 102 Å². The van der Waals surface area contributed by atoms with Crippen molar-refractivity contribution in [3.63, 3.8) is 0 Å². The van der Waals surface area contributed by atoms with Gasteiger partial charge in [0.15, 0.2) is 0 Å². The van der Waals surface area contributed by atoms with Gasteiger partial charge in [-0.15, -0.1) is 0 Å². The number of hydrogen-bond acceptors (Lipinski definition) is 0. The van der Waals surface area contributed by atoms with Crippen molar-refractivity contribution in [1.82, 2.24) is 0 Å². The predicted octanol–water partition coefficient (Wildman–Crippen LogP) is 5.66. The van der Waals surface area contributed by atoms with E-state index in [0.29, 0.717) is 0 Å². The molecule has 0 spiro atoms. The molecule has 0 radical (unpaired) electrons. The van der Waals surface area contributed by atoms with Gasteiger partial charge in [-0.25, -0.2) is 0 Å². The Hall–Kier alpha value is 1.00. The van der Waals surface area contributed by atoms with Crippen LogP contribution in [0, 0.1) is 0 Å². The molecule has 0 aliphatic heterocycles.